The zero-order chi connectivity index (χ0) is 44.7. The van der Waals surface area contributed by atoms with E-state index in [9.17, 15) is 33.4 Å². The second-order valence-electron chi connectivity index (χ2n) is 13.9. The van der Waals surface area contributed by atoms with Crippen molar-refractivity contribution in [2.24, 2.45) is 0 Å². The van der Waals surface area contributed by atoms with E-state index in [4.69, 9.17) is 67.0 Å². The van der Waals surface area contributed by atoms with Gasteiger partial charge >= 0.3 is 28.0 Å². The summed E-state index contributed by atoms with van der Waals surface area (Å²) in [7, 11) is -10.5. The quantitative estimate of drug-likeness (QED) is 0.0841. The van der Waals surface area contributed by atoms with E-state index in [-0.39, 0.29) is 34.2 Å². The summed E-state index contributed by atoms with van der Waals surface area (Å²) in [5, 5.41) is 11.6. The van der Waals surface area contributed by atoms with Gasteiger partial charge in [-0.2, -0.15) is 9.97 Å². The third-order valence-electron chi connectivity index (χ3n) is 8.76. The largest absolute Gasteiger partial charge is 0.510 e. The van der Waals surface area contributed by atoms with Gasteiger partial charge in [0.15, 0.2) is 41.0 Å². The average Bonchev–Trinajstić information content (AvgIpc) is 3.94. The van der Waals surface area contributed by atoms with E-state index in [1.54, 1.807) is 0 Å². The average molecular weight is 925 g/mol. The third kappa shape index (κ3) is 9.59. The molecule has 0 amide bonds. The lowest BCUT2D eigenvalue weighted by molar-refractivity contribution is -0.0815. The Bertz CT molecular complexity index is 2520. The highest BCUT2D eigenvalue weighted by atomic mass is 31.2. The summed E-state index contributed by atoms with van der Waals surface area (Å²) in [5.74, 6) is -0.728. The number of phosphoric ester groups is 2. The Kier molecular flexibility index (Phi) is 13.0. The highest BCUT2D eigenvalue weighted by Crippen LogP contribution is 2.58. The predicted molar refractivity (Wildman–Crippen MR) is 198 cm³/mol. The molecule has 3 fully saturated rings. The van der Waals surface area contributed by atoms with Crippen LogP contribution in [0.4, 0.5) is 25.9 Å². The zero-order valence-electron chi connectivity index (χ0n) is 32.7. The minimum atomic E-state index is -5.23. The Labute approximate surface area is 345 Å². The van der Waals surface area contributed by atoms with Gasteiger partial charge in [0.1, 0.15) is 30.5 Å². The SMILES string of the molecule is CC(C)OC(=O)OCOP1(=O)OC[C@H]2O[C@@H](n3cnc4c(=O)[nH]c(N)nc43)[C@@H](OP(=O)(OCOC(=O)OC(C)C)OC[C@H]3O[C@@H](n4cnc5c(=O)[nH]c(N)nc54)[C@@H](F)C3O1)C2O. The smallest absolute Gasteiger partial charge is 0.432 e. The van der Waals surface area contributed by atoms with Crippen LogP contribution in [-0.4, -0.2) is 132 Å². The molecule has 0 aliphatic carbocycles. The van der Waals surface area contributed by atoms with Crippen LogP contribution in [0.15, 0.2) is 22.2 Å². The summed E-state index contributed by atoms with van der Waals surface area (Å²) >= 11 is 0. The monoisotopic (exact) mass is 924 g/mol. The number of imidazole rings is 2. The molecule has 0 spiro atoms. The zero-order valence-corrected chi connectivity index (χ0v) is 34.5. The molecule has 7 rings (SSSR count). The summed E-state index contributed by atoms with van der Waals surface area (Å²) in [4.78, 5) is 70.0. The topological polar surface area (TPSA) is 378 Å². The molecule has 10 atom stereocenters. The first kappa shape index (κ1) is 44.9. The summed E-state index contributed by atoms with van der Waals surface area (Å²) < 4.78 is 112. The molecule has 0 saturated carbocycles. The lowest BCUT2D eigenvalue weighted by Gasteiger charge is -2.28. The Morgan fingerprint density at radius 1 is 0.806 bits per heavy atom. The van der Waals surface area contributed by atoms with Gasteiger partial charge in [0.05, 0.1) is 38.1 Å². The van der Waals surface area contributed by atoms with E-state index in [0.29, 0.717) is 0 Å². The van der Waals surface area contributed by atoms with Crippen molar-refractivity contribution in [2.75, 3.05) is 38.3 Å². The number of H-pyrrole nitrogens is 2. The Balaban J connectivity index is 1.27. The predicted octanol–water partition coefficient (Wildman–Crippen LogP) is 1.02. The number of nitrogens with one attached hydrogen (secondary N) is 2. The number of aromatic amines is 2. The second-order valence-corrected chi connectivity index (χ2v) is 17.1. The third-order valence-corrected chi connectivity index (χ3v) is 11.5. The van der Waals surface area contributed by atoms with E-state index in [2.05, 4.69) is 29.9 Å². The van der Waals surface area contributed by atoms with Crippen molar-refractivity contribution in [1.82, 2.24) is 39.0 Å². The van der Waals surface area contributed by atoms with Crippen molar-refractivity contribution in [2.45, 2.75) is 89.1 Å². The molecule has 32 heteroatoms. The number of halogens is 1. The summed E-state index contributed by atoms with van der Waals surface area (Å²) in [6, 6.07) is 0. The number of aliphatic hydroxyl groups is 1. The number of rotatable bonds is 10. The molecule has 340 valence electrons. The van der Waals surface area contributed by atoms with Crippen LogP contribution in [0, 0.1) is 0 Å². The van der Waals surface area contributed by atoms with E-state index < -0.39 is 127 Å². The highest BCUT2D eigenvalue weighted by Gasteiger charge is 2.55. The van der Waals surface area contributed by atoms with Crippen LogP contribution in [0.2, 0.25) is 0 Å². The van der Waals surface area contributed by atoms with Crippen molar-refractivity contribution >= 4 is 62.2 Å². The molecule has 4 aromatic rings. The highest BCUT2D eigenvalue weighted by molar-refractivity contribution is 7.48. The maximum absolute atomic E-state index is 16.8. The van der Waals surface area contributed by atoms with Gasteiger partial charge in [0.25, 0.3) is 11.1 Å². The number of nitrogen functional groups attached to an aromatic ring is 2. The number of aromatic nitrogens is 8. The van der Waals surface area contributed by atoms with Crippen LogP contribution >= 0.6 is 15.6 Å². The van der Waals surface area contributed by atoms with Gasteiger partial charge in [-0.25, -0.2) is 42.1 Å². The van der Waals surface area contributed by atoms with Crippen molar-refractivity contribution in [3.63, 3.8) is 0 Å². The van der Waals surface area contributed by atoms with Crippen LogP contribution in [0.3, 0.4) is 0 Å². The molecule has 3 aliphatic rings. The molecule has 7 heterocycles. The maximum Gasteiger partial charge on any atom is 0.510 e. The maximum atomic E-state index is 16.8. The van der Waals surface area contributed by atoms with Gasteiger partial charge in [0.2, 0.25) is 25.5 Å². The molecular formula is C30H39FN10O19P2. The molecular weight excluding hydrogens is 885 g/mol. The molecule has 3 saturated heterocycles. The number of phosphoric acid groups is 2. The van der Waals surface area contributed by atoms with Gasteiger partial charge in [0, 0.05) is 0 Å². The van der Waals surface area contributed by atoms with Crippen molar-refractivity contribution in [1.29, 1.82) is 0 Å². The fraction of sp³-hybridized carbons (Fsp3) is 0.600. The molecule has 0 aromatic carbocycles. The number of carbonyl (C=O) groups is 2. The number of nitrogens with zero attached hydrogens (tertiary/aromatic N) is 6. The number of carbonyl (C=O) groups excluding carboxylic acids is 2. The van der Waals surface area contributed by atoms with E-state index >= 15 is 4.39 Å². The van der Waals surface area contributed by atoms with Gasteiger partial charge in [-0.1, -0.05) is 0 Å². The summed E-state index contributed by atoms with van der Waals surface area (Å²) in [6.45, 7) is 1.74. The molecule has 7 N–H and O–H groups in total. The molecule has 4 aromatic heterocycles. The van der Waals surface area contributed by atoms with Crippen molar-refractivity contribution in [3.05, 3.63) is 33.4 Å². The Morgan fingerprint density at radius 2 is 1.26 bits per heavy atom. The molecule has 2 bridgehead atoms. The summed E-state index contributed by atoms with van der Waals surface area (Å²) in [6.07, 6.45) is -17.0. The minimum absolute atomic E-state index is 0.216. The molecule has 29 nitrogen and oxygen atoms in total. The standard InChI is InChI=1S/C30H39FN10O19P2/c1-11(2)55-29(45)49-9-53-61(47)51-5-13-18(42)20(26(57-13)41-8-35-17-22(41)37-28(33)39-24(17)44)60-62(48,54-10-50-30(46)56-12(3)4)52-6-14-19(59-61)15(31)25(58-14)40-7-34-16-21(40)36-27(32)38-23(16)43/h7-8,11-15,18-20,25-26,42H,5-6,9-10H2,1-4H3,(H3,32,36,38,43)(H3,33,37,39,44)/t13-,14-,15+,18?,19?,20+,25-,26-,61?,62?/m1/s1. The molecule has 4 unspecified atom stereocenters. The molecule has 62 heavy (non-hydrogen) atoms. The number of alkyl halides is 1. The first-order valence-electron chi connectivity index (χ1n) is 18.2. The fourth-order valence-corrected chi connectivity index (χ4v) is 8.68. The van der Waals surface area contributed by atoms with Crippen LogP contribution in [0.25, 0.3) is 22.3 Å². The second kappa shape index (κ2) is 17.9. The first-order valence-corrected chi connectivity index (χ1v) is 21.2. The lowest BCUT2D eigenvalue weighted by Crippen LogP contribution is -2.36. The van der Waals surface area contributed by atoms with Crippen molar-refractivity contribution in [3.8, 4) is 0 Å². The number of hydrogen-bond donors (Lipinski definition) is 5. The minimum Gasteiger partial charge on any atom is -0.432 e. The van der Waals surface area contributed by atoms with Crippen LogP contribution in [0.1, 0.15) is 40.2 Å². The number of aliphatic hydroxyl groups excluding tert-OH is 1. The Hall–Kier alpha value is -5.13. The van der Waals surface area contributed by atoms with Crippen LogP contribution in [0.5, 0.6) is 0 Å². The van der Waals surface area contributed by atoms with Crippen LogP contribution in [-0.2, 0) is 64.7 Å². The molecule has 3 aliphatic heterocycles. The summed E-state index contributed by atoms with van der Waals surface area (Å²) in [5.41, 5.74) is 8.93. The normalized spacial score (nSPS) is 30.5. The fourth-order valence-electron chi connectivity index (χ4n) is 6.18. The lowest BCUT2D eigenvalue weighted by atomic mass is 10.1. The Morgan fingerprint density at radius 3 is 1.76 bits per heavy atom. The number of nitrogens with two attached hydrogens (primary N) is 2. The first-order chi connectivity index (χ1) is 29.3. The van der Waals surface area contributed by atoms with Crippen LogP contribution < -0.4 is 22.6 Å². The van der Waals surface area contributed by atoms with E-state index in [1.165, 1.54) is 27.7 Å². The van der Waals surface area contributed by atoms with Gasteiger partial charge in [-0.3, -0.25) is 46.8 Å². The number of hydrogen-bond acceptors (Lipinski definition) is 25. The van der Waals surface area contributed by atoms with Gasteiger partial charge < -0.3 is 45.0 Å². The number of fused-ring (bicyclic) bond motifs is 5. The van der Waals surface area contributed by atoms with Gasteiger partial charge in [-0.05, 0) is 27.7 Å². The molecule has 0 radical (unpaired) electrons. The number of ether oxygens (including phenoxy) is 6. The van der Waals surface area contributed by atoms with Crippen molar-refractivity contribution < 1.29 is 83.8 Å². The van der Waals surface area contributed by atoms with E-state index in [0.717, 1.165) is 21.8 Å². The van der Waals surface area contributed by atoms with E-state index in [1.807, 2.05) is 0 Å². The van der Waals surface area contributed by atoms with Gasteiger partial charge in [-0.15, -0.1) is 0 Å². The number of anilines is 2.